The number of ether oxygens (including phenoxy) is 2. The van der Waals surface area contributed by atoms with E-state index in [1.54, 1.807) is 39.1 Å². The van der Waals surface area contributed by atoms with Crippen LogP contribution in [0.3, 0.4) is 0 Å². The molecular formula is C15H21BrN2O4. The van der Waals surface area contributed by atoms with Gasteiger partial charge in [-0.05, 0) is 39.3 Å². The molecule has 0 aliphatic carbocycles. The lowest BCUT2D eigenvalue weighted by molar-refractivity contribution is -0.142. The third-order valence-electron chi connectivity index (χ3n) is 2.69. The third kappa shape index (κ3) is 6.43. The number of alkyl carbamates (subject to hydrolysis) is 1. The number of hydrogen-bond donors (Lipinski definition) is 1. The number of pyridine rings is 1. The zero-order chi connectivity index (χ0) is 16.8. The average Bonchev–Trinajstić information content (AvgIpc) is 2.41. The van der Waals surface area contributed by atoms with Crippen LogP contribution in [0, 0.1) is 0 Å². The summed E-state index contributed by atoms with van der Waals surface area (Å²) < 4.78 is 10.8. The first-order valence-corrected chi connectivity index (χ1v) is 7.68. The molecule has 6 nitrogen and oxygen atoms in total. The second-order valence-electron chi connectivity index (χ2n) is 5.69. The zero-order valence-electron chi connectivity index (χ0n) is 13.2. The van der Waals surface area contributed by atoms with Gasteiger partial charge in [-0.1, -0.05) is 15.9 Å². The molecule has 1 heterocycles. The van der Waals surface area contributed by atoms with E-state index in [1.165, 1.54) is 7.11 Å². The van der Waals surface area contributed by atoms with Gasteiger partial charge >= 0.3 is 12.1 Å². The van der Waals surface area contributed by atoms with Crippen LogP contribution in [-0.4, -0.2) is 36.3 Å². The van der Waals surface area contributed by atoms with Crippen molar-refractivity contribution >= 4 is 28.0 Å². The molecule has 1 N–H and O–H groups in total. The summed E-state index contributed by atoms with van der Waals surface area (Å²) in [5.41, 5.74) is 0.0322. The highest BCUT2D eigenvalue weighted by atomic mass is 79.9. The number of nitrogens with one attached hydrogen (secondary N) is 1. The van der Waals surface area contributed by atoms with E-state index in [1.807, 2.05) is 0 Å². The number of halogens is 1. The van der Waals surface area contributed by atoms with E-state index in [-0.39, 0.29) is 6.54 Å². The molecule has 0 saturated carbocycles. The molecule has 1 aromatic heterocycles. The Balaban J connectivity index is 2.64. The fourth-order valence-electron chi connectivity index (χ4n) is 1.77. The second-order valence-corrected chi connectivity index (χ2v) is 6.61. The molecule has 0 fully saturated rings. The van der Waals surface area contributed by atoms with Gasteiger partial charge in [0.2, 0.25) is 0 Å². The van der Waals surface area contributed by atoms with Crippen molar-refractivity contribution in [2.24, 2.45) is 0 Å². The third-order valence-corrected chi connectivity index (χ3v) is 3.18. The molecular weight excluding hydrogens is 352 g/mol. The summed E-state index contributed by atoms with van der Waals surface area (Å²) in [5.74, 6) is -0.936. The normalized spacial score (nSPS) is 12.4. The van der Waals surface area contributed by atoms with E-state index in [4.69, 9.17) is 9.47 Å². The van der Waals surface area contributed by atoms with Gasteiger partial charge in [0.25, 0.3) is 0 Å². The van der Waals surface area contributed by atoms with Crippen LogP contribution in [0.4, 0.5) is 4.79 Å². The first-order valence-electron chi connectivity index (χ1n) is 6.89. The van der Waals surface area contributed by atoms with Gasteiger partial charge < -0.3 is 14.8 Å². The number of nitrogens with zero attached hydrogens (tertiary/aromatic N) is 1. The van der Waals surface area contributed by atoms with Crippen LogP contribution in [-0.2, 0) is 14.3 Å². The largest absolute Gasteiger partial charge is 0.469 e. The van der Waals surface area contributed by atoms with E-state index < -0.39 is 23.6 Å². The van der Waals surface area contributed by atoms with Gasteiger partial charge in [0.1, 0.15) is 11.5 Å². The lowest BCUT2D eigenvalue weighted by atomic mass is 10.0. The van der Waals surface area contributed by atoms with Crippen molar-refractivity contribution in [2.75, 3.05) is 13.7 Å². The van der Waals surface area contributed by atoms with Crippen molar-refractivity contribution < 1.29 is 19.1 Å². The predicted octanol–water partition coefficient (Wildman–Crippen LogP) is 3.02. The first kappa shape index (κ1) is 18.4. The van der Waals surface area contributed by atoms with Gasteiger partial charge in [0.05, 0.1) is 12.8 Å². The molecule has 122 valence electrons. The Labute approximate surface area is 138 Å². The number of carbonyl (C=O) groups is 2. The van der Waals surface area contributed by atoms with Crippen LogP contribution in [0.2, 0.25) is 0 Å². The predicted molar refractivity (Wildman–Crippen MR) is 85.5 cm³/mol. The first-order chi connectivity index (χ1) is 10.2. The van der Waals surface area contributed by atoms with Crippen LogP contribution in [0.1, 0.15) is 38.8 Å². The molecule has 1 aromatic rings. The number of esters is 1. The van der Waals surface area contributed by atoms with E-state index in [0.717, 1.165) is 4.47 Å². The summed E-state index contributed by atoms with van der Waals surface area (Å²) in [6.45, 7) is 5.64. The summed E-state index contributed by atoms with van der Waals surface area (Å²) in [4.78, 5) is 27.7. The van der Waals surface area contributed by atoms with Crippen LogP contribution in [0.15, 0.2) is 22.8 Å². The minimum Gasteiger partial charge on any atom is -0.469 e. The quantitative estimate of drug-likeness (QED) is 0.803. The van der Waals surface area contributed by atoms with E-state index in [2.05, 4.69) is 26.2 Å². The van der Waals surface area contributed by atoms with Crippen molar-refractivity contribution in [3.63, 3.8) is 0 Å². The van der Waals surface area contributed by atoms with Crippen molar-refractivity contribution in [2.45, 2.75) is 38.7 Å². The van der Waals surface area contributed by atoms with E-state index in [9.17, 15) is 9.59 Å². The van der Waals surface area contributed by atoms with Gasteiger partial charge in [-0.3, -0.25) is 9.78 Å². The van der Waals surface area contributed by atoms with Crippen LogP contribution in [0.25, 0.3) is 0 Å². The summed E-state index contributed by atoms with van der Waals surface area (Å²) in [6, 6.07) is 3.53. The van der Waals surface area contributed by atoms with Crippen LogP contribution in [0.5, 0.6) is 0 Å². The lowest BCUT2D eigenvalue weighted by Crippen LogP contribution is -2.34. The van der Waals surface area contributed by atoms with Gasteiger partial charge in [0.15, 0.2) is 0 Å². The zero-order valence-corrected chi connectivity index (χ0v) is 14.8. The number of carbonyl (C=O) groups excluding carboxylic acids is 2. The standard InChI is InChI=1S/C15H21BrN2O4/c1-15(2,3)22-14(20)18-8-6-11(13(19)21-4)12-9-10(16)5-7-17-12/h5,7,9,11H,6,8H2,1-4H3,(H,18,20). The molecule has 0 aliphatic rings. The minimum absolute atomic E-state index is 0.281. The maximum atomic E-state index is 11.9. The summed E-state index contributed by atoms with van der Waals surface area (Å²) in [7, 11) is 1.33. The van der Waals surface area contributed by atoms with Crippen molar-refractivity contribution in [3.05, 3.63) is 28.5 Å². The molecule has 0 spiro atoms. The number of methoxy groups -OCH3 is 1. The molecule has 0 saturated heterocycles. The summed E-state index contributed by atoms with van der Waals surface area (Å²) in [6.07, 6.45) is 1.46. The average molecular weight is 373 g/mol. The van der Waals surface area contributed by atoms with Crippen molar-refractivity contribution in [3.8, 4) is 0 Å². The number of amides is 1. The molecule has 1 amide bonds. The van der Waals surface area contributed by atoms with Crippen molar-refractivity contribution in [1.29, 1.82) is 0 Å². The van der Waals surface area contributed by atoms with Gasteiger partial charge in [-0.15, -0.1) is 0 Å². The number of aromatic nitrogens is 1. The monoisotopic (exact) mass is 372 g/mol. The molecule has 7 heteroatoms. The SMILES string of the molecule is COC(=O)C(CCNC(=O)OC(C)(C)C)c1cc(Br)ccn1. The minimum atomic E-state index is -0.558. The Morgan fingerprint density at radius 2 is 2.09 bits per heavy atom. The molecule has 0 bridgehead atoms. The topological polar surface area (TPSA) is 77.5 Å². The van der Waals surface area contributed by atoms with Gasteiger partial charge in [0, 0.05) is 17.2 Å². The van der Waals surface area contributed by atoms with Crippen LogP contribution >= 0.6 is 15.9 Å². The van der Waals surface area contributed by atoms with Crippen LogP contribution < -0.4 is 5.32 Å². The molecule has 22 heavy (non-hydrogen) atoms. The molecule has 1 atom stereocenters. The highest BCUT2D eigenvalue weighted by Gasteiger charge is 2.23. The Kier molecular flexibility index (Phi) is 6.80. The number of rotatable bonds is 5. The van der Waals surface area contributed by atoms with Gasteiger partial charge in [-0.25, -0.2) is 4.79 Å². The highest BCUT2D eigenvalue weighted by Crippen LogP contribution is 2.21. The lowest BCUT2D eigenvalue weighted by Gasteiger charge is -2.20. The fourth-order valence-corrected chi connectivity index (χ4v) is 2.13. The van der Waals surface area contributed by atoms with E-state index in [0.29, 0.717) is 12.1 Å². The Bertz CT molecular complexity index is 529. The summed E-state index contributed by atoms with van der Waals surface area (Å²) in [5, 5.41) is 2.62. The summed E-state index contributed by atoms with van der Waals surface area (Å²) >= 11 is 3.34. The maximum Gasteiger partial charge on any atom is 0.407 e. The smallest absolute Gasteiger partial charge is 0.407 e. The molecule has 1 unspecified atom stereocenters. The fraction of sp³-hybridized carbons (Fsp3) is 0.533. The van der Waals surface area contributed by atoms with Gasteiger partial charge in [-0.2, -0.15) is 0 Å². The Hall–Kier alpha value is -1.63. The van der Waals surface area contributed by atoms with Crippen molar-refractivity contribution in [1.82, 2.24) is 10.3 Å². The molecule has 1 rings (SSSR count). The molecule has 0 radical (unpaired) electrons. The molecule has 0 aliphatic heterocycles. The highest BCUT2D eigenvalue weighted by molar-refractivity contribution is 9.10. The maximum absolute atomic E-state index is 11.9. The number of hydrogen-bond acceptors (Lipinski definition) is 5. The molecule has 0 aromatic carbocycles. The Morgan fingerprint density at radius 1 is 1.41 bits per heavy atom. The van der Waals surface area contributed by atoms with E-state index >= 15 is 0 Å². The second kappa shape index (κ2) is 8.12. The Morgan fingerprint density at radius 3 is 2.64 bits per heavy atom.